The van der Waals surface area contributed by atoms with Gasteiger partial charge in [-0.25, -0.2) is 0 Å². The van der Waals surface area contributed by atoms with Crippen LogP contribution in [0.1, 0.15) is 12.8 Å². The maximum absolute atomic E-state index is 9.47. The van der Waals surface area contributed by atoms with Crippen molar-refractivity contribution in [3.8, 4) is 0 Å². The first kappa shape index (κ1) is 12.4. The SMILES string of the molecule is C=CC(N)=O.C[Si]1(C)CCCCO1. The highest BCUT2D eigenvalue weighted by molar-refractivity contribution is 6.71. The second-order valence-corrected chi connectivity index (χ2v) is 7.98. The summed E-state index contributed by atoms with van der Waals surface area (Å²) in [6.07, 6.45) is 3.75. The lowest BCUT2D eigenvalue weighted by Gasteiger charge is -2.27. The average Bonchev–Trinajstić information content (AvgIpc) is 2.05. The predicted octanol–water partition coefficient (Wildman–Crippen LogP) is 1.66. The van der Waals surface area contributed by atoms with Gasteiger partial charge in [0.05, 0.1) is 0 Å². The molecule has 1 aliphatic heterocycles. The fourth-order valence-electron chi connectivity index (χ4n) is 1.07. The summed E-state index contributed by atoms with van der Waals surface area (Å²) in [5.74, 6) is -0.481. The molecule has 1 fully saturated rings. The Bertz CT molecular complexity index is 172. The molecule has 0 bridgehead atoms. The van der Waals surface area contributed by atoms with E-state index in [2.05, 4.69) is 25.4 Å². The Morgan fingerprint density at radius 3 is 2.23 bits per heavy atom. The Kier molecular flexibility index (Phi) is 5.66. The standard InChI is InChI=1S/C6H14OSi.C3H5NO/c1-8(2)6-4-3-5-7-8;1-2-3(4)5/h3-6H2,1-2H3;2H,1H2,(H2,4,5). The minimum absolute atomic E-state index is 0.481. The van der Waals surface area contributed by atoms with Crippen LogP contribution in [0.5, 0.6) is 0 Å². The first-order valence-corrected chi connectivity index (χ1v) is 7.65. The number of nitrogens with two attached hydrogens (primary N) is 1. The molecule has 1 aliphatic rings. The van der Waals surface area contributed by atoms with Gasteiger partial charge in [0.1, 0.15) is 0 Å². The molecular weight excluding hydrogens is 182 g/mol. The molecule has 0 radical (unpaired) electrons. The van der Waals surface area contributed by atoms with Crippen LogP contribution in [0.4, 0.5) is 0 Å². The van der Waals surface area contributed by atoms with Crippen molar-refractivity contribution in [2.75, 3.05) is 6.61 Å². The molecule has 0 unspecified atom stereocenters. The van der Waals surface area contributed by atoms with Crippen molar-refractivity contribution in [3.63, 3.8) is 0 Å². The average molecular weight is 201 g/mol. The molecule has 0 aromatic rings. The van der Waals surface area contributed by atoms with E-state index in [4.69, 9.17) is 4.43 Å². The molecule has 3 nitrogen and oxygen atoms in total. The van der Waals surface area contributed by atoms with Crippen LogP contribution in [0.25, 0.3) is 0 Å². The number of hydrogen-bond acceptors (Lipinski definition) is 2. The van der Waals surface area contributed by atoms with Gasteiger partial charge in [0, 0.05) is 6.61 Å². The molecule has 0 aromatic heterocycles. The normalized spacial score (nSPS) is 19.5. The van der Waals surface area contributed by atoms with Gasteiger partial charge in [-0.1, -0.05) is 13.0 Å². The maximum atomic E-state index is 9.47. The molecule has 0 atom stereocenters. The van der Waals surface area contributed by atoms with Crippen LogP contribution in [0.15, 0.2) is 12.7 Å². The van der Waals surface area contributed by atoms with Gasteiger partial charge in [-0.2, -0.15) is 0 Å². The van der Waals surface area contributed by atoms with Gasteiger partial charge in [-0.3, -0.25) is 4.79 Å². The fraction of sp³-hybridized carbons (Fsp3) is 0.667. The quantitative estimate of drug-likeness (QED) is 0.518. The third-order valence-electron chi connectivity index (χ3n) is 1.87. The van der Waals surface area contributed by atoms with Crippen LogP contribution in [0.2, 0.25) is 19.1 Å². The fourth-order valence-corrected chi connectivity index (χ4v) is 3.02. The van der Waals surface area contributed by atoms with E-state index in [-0.39, 0.29) is 0 Å². The summed E-state index contributed by atoms with van der Waals surface area (Å²) in [5.41, 5.74) is 4.53. The van der Waals surface area contributed by atoms with Crippen LogP contribution in [0.3, 0.4) is 0 Å². The zero-order chi connectivity index (χ0) is 10.3. The topological polar surface area (TPSA) is 52.3 Å². The number of carbonyl (C=O) groups excluding carboxylic acids is 1. The van der Waals surface area contributed by atoms with E-state index in [0.29, 0.717) is 0 Å². The van der Waals surface area contributed by atoms with Crippen molar-refractivity contribution < 1.29 is 9.22 Å². The molecule has 1 saturated heterocycles. The first-order chi connectivity index (χ1) is 5.98. The van der Waals surface area contributed by atoms with Gasteiger partial charge in [-0.15, -0.1) is 0 Å². The Morgan fingerprint density at radius 1 is 1.54 bits per heavy atom. The lowest BCUT2D eigenvalue weighted by molar-refractivity contribution is -0.113. The lowest BCUT2D eigenvalue weighted by atomic mass is 10.4. The highest BCUT2D eigenvalue weighted by atomic mass is 28.4. The van der Waals surface area contributed by atoms with Gasteiger partial charge in [0.25, 0.3) is 0 Å². The van der Waals surface area contributed by atoms with Crippen molar-refractivity contribution in [2.24, 2.45) is 5.73 Å². The largest absolute Gasteiger partial charge is 0.417 e. The Morgan fingerprint density at radius 2 is 2.08 bits per heavy atom. The van der Waals surface area contributed by atoms with Crippen molar-refractivity contribution >= 4 is 14.2 Å². The zero-order valence-electron chi connectivity index (χ0n) is 8.51. The predicted molar refractivity (Wildman–Crippen MR) is 56.9 cm³/mol. The second-order valence-electron chi connectivity index (χ2n) is 3.67. The summed E-state index contributed by atoms with van der Waals surface area (Å²) in [6, 6.07) is 1.37. The summed E-state index contributed by atoms with van der Waals surface area (Å²) in [7, 11) is -1.09. The van der Waals surface area contributed by atoms with Crippen LogP contribution in [-0.4, -0.2) is 20.8 Å². The van der Waals surface area contributed by atoms with E-state index < -0.39 is 14.2 Å². The summed E-state index contributed by atoms with van der Waals surface area (Å²) < 4.78 is 5.60. The summed E-state index contributed by atoms with van der Waals surface area (Å²) >= 11 is 0. The summed E-state index contributed by atoms with van der Waals surface area (Å²) in [4.78, 5) is 9.47. The minimum atomic E-state index is -1.09. The molecule has 2 N–H and O–H groups in total. The van der Waals surface area contributed by atoms with Gasteiger partial charge < -0.3 is 10.2 Å². The molecule has 0 aromatic carbocycles. The second kappa shape index (κ2) is 5.94. The monoisotopic (exact) mass is 201 g/mol. The van der Waals surface area contributed by atoms with Crippen molar-refractivity contribution in [1.29, 1.82) is 0 Å². The molecule has 0 aliphatic carbocycles. The summed E-state index contributed by atoms with van der Waals surface area (Å²) in [6.45, 7) is 8.71. The van der Waals surface area contributed by atoms with E-state index in [0.717, 1.165) is 12.7 Å². The summed E-state index contributed by atoms with van der Waals surface area (Å²) in [5, 5.41) is 0. The Balaban J connectivity index is 0.000000252. The smallest absolute Gasteiger partial charge is 0.240 e. The Hall–Kier alpha value is -0.613. The molecule has 76 valence electrons. The van der Waals surface area contributed by atoms with Gasteiger partial charge >= 0.3 is 0 Å². The lowest BCUT2D eigenvalue weighted by Crippen LogP contribution is -2.33. The van der Waals surface area contributed by atoms with E-state index in [9.17, 15) is 4.79 Å². The van der Waals surface area contributed by atoms with Crippen molar-refractivity contribution in [3.05, 3.63) is 12.7 Å². The van der Waals surface area contributed by atoms with E-state index in [1.165, 1.54) is 18.9 Å². The highest BCUT2D eigenvalue weighted by Crippen LogP contribution is 2.20. The third-order valence-corrected chi connectivity index (χ3v) is 4.41. The molecule has 1 amide bonds. The first-order valence-electron chi connectivity index (χ1n) is 4.54. The molecule has 0 spiro atoms. The number of rotatable bonds is 1. The van der Waals surface area contributed by atoms with Crippen LogP contribution in [-0.2, 0) is 9.22 Å². The third kappa shape index (κ3) is 7.74. The molecule has 13 heavy (non-hydrogen) atoms. The van der Waals surface area contributed by atoms with Crippen LogP contribution < -0.4 is 5.73 Å². The van der Waals surface area contributed by atoms with Gasteiger partial charge in [-0.05, 0) is 31.6 Å². The molecular formula is C9H19NO2Si. The van der Waals surface area contributed by atoms with E-state index >= 15 is 0 Å². The number of amides is 1. The number of carbonyl (C=O) groups is 1. The van der Waals surface area contributed by atoms with Gasteiger partial charge in [0.15, 0.2) is 8.32 Å². The molecule has 1 heterocycles. The number of primary amides is 1. The van der Waals surface area contributed by atoms with E-state index in [1.54, 1.807) is 0 Å². The zero-order valence-corrected chi connectivity index (χ0v) is 9.51. The molecule has 0 saturated carbocycles. The maximum Gasteiger partial charge on any atom is 0.240 e. The van der Waals surface area contributed by atoms with Gasteiger partial charge in [0.2, 0.25) is 5.91 Å². The molecule has 1 rings (SSSR count). The van der Waals surface area contributed by atoms with Crippen molar-refractivity contribution in [1.82, 2.24) is 0 Å². The van der Waals surface area contributed by atoms with E-state index in [1.807, 2.05) is 0 Å². The minimum Gasteiger partial charge on any atom is -0.417 e. The van der Waals surface area contributed by atoms with Crippen molar-refractivity contribution in [2.45, 2.75) is 32.0 Å². The molecule has 4 heteroatoms. The van der Waals surface area contributed by atoms with Crippen LogP contribution >= 0.6 is 0 Å². The number of hydrogen-bond donors (Lipinski definition) is 1. The van der Waals surface area contributed by atoms with Crippen LogP contribution in [0, 0.1) is 0 Å². The highest BCUT2D eigenvalue weighted by Gasteiger charge is 2.24. The Labute approximate surface area is 81.1 Å².